The Hall–Kier alpha value is -3.95. The molecule has 1 heterocycles. The molecule has 0 radical (unpaired) electrons. The summed E-state index contributed by atoms with van der Waals surface area (Å²) in [6, 6.07) is 17.5. The van der Waals surface area contributed by atoms with E-state index in [-0.39, 0.29) is 19.1 Å². The summed E-state index contributed by atoms with van der Waals surface area (Å²) >= 11 is 0. The highest BCUT2D eigenvalue weighted by Gasteiger charge is 2.22. The average molecular weight is 593 g/mol. The number of hydrogen-bond donors (Lipinski definition) is 3. The van der Waals surface area contributed by atoms with Crippen LogP contribution in [0.3, 0.4) is 0 Å². The highest BCUT2D eigenvalue weighted by Crippen LogP contribution is 2.31. The lowest BCUT2D eigenvalue weighted by Crippen LogP contribution is -2.38. The van der Waals surface area contributed by atoms with Crippen LogP contribution in [0.15, 0.2) is 60.7 Å². The zero-order valence-electron chi connectivity index (χ0n) is 25.2. The van der Waals surface area contributed by atoms with Crippen LogP contribution in [0.25, 0.3) is 11.1 Å². The van der Waals surface area contributed by atoms with Crippen LogP contribution in [0.5, 0.6) is 5.75 Å². The molecule has 230 valence electrons. The van der Waals surface area contributed by atoms with E-state index in [1.807, 2.05) is 18.2 Å². The van der Waals surface area contributed by atoms with Crippen molar-refractivity contribution in [2.75, 3.05) is 19.7 Å². The molecule has 0 saturated carbocycles. The van der Waals surface area contributed by atoms with Crippen LogP contribution in [0.2, 0.25) is 0 Å². The lowest BCUT2D eigenvalue weighted by atomic mass is 9.94. The lowest BCUT2D eigenvalue weighted by Gasteiger charge is -2.24. The molecule has 8 nitrogen and oxygen atoms in total. The van der Waals surface area contributed by atoms with E-state index in [1.54, 1.807) is 70.2 Å². The van der Waals surface area contributed by atoms with Crippen molar-refractivity contribution in [3.8, 4) is 16.9 Å². The van der Waals surface area contributed by atoms with Crippen molar-refractivity contribution >= 4 is 12.1 Å². The number of nitrogens with one attached hydrogen (secondary N) is 2. The molecule has 1 aliphatic heterocycles. The highest BCUT2D eigenvalue weighted by molar-refractivity contribution is 5.71. The van der Waals surface area contributed by atoms with Gasteiger partial charge in [0.1, 0.15) is 23.8 Å². The van der Waals surface area contributed by atoms with Crippen LogP contribution >= 0.6 is 0 Å². The average Bonchev–Trinajstić information content (AvgIpc) is 2.95. The highest BCUT2D eigenvalue weighted by atomic mass is 19.1. The van der Waals surface area contributed by atoms with Gasteiger partial charge >= 0.3 is 12.1 Å². The van der Waals surface area contributed by atoms with Gasteiger partial charge in [-0.15, -0.1) is 0 Å². The van der Waals surface area contributed by atoms with Crippen molar-refractivity contribution in [3.05, 3.63) is 88.7 Å². The first-order valence-electron chi connectivity index (χ1n) is 14.6. The van der Waals surface area contributed by atoms with E-state index in [1.165, 1.54) is 0 Å². The molecule has 0 aromatic heterocycles. The van der Waals surface area contributed by atoms with Crippen molar-refractivity contribution in [1.82, 2.24) is 10.6 Å². The maximum Gasteiger partial charge on any atom is 0.408 e. The Balaban J connectivity index is 1.61. The fourth-order valence-corrected chi connectivity index (χ4v) is 5.06. The number of rotatable bonds is 11. The van der Waals surface area contributed by atoms with Gasteiger partial charge in [-0.2, -0.15) is 0 Å². The Morgan fingerprint density at radius 3 is 2.60 bits per heavy atom. The minimum atomic E-state index is -0.939. The number of carboxylic acids is 1. The Kier molecular flexibility index (Phi) is 10.8. The number of carbonyl (C=O) groups excluding carboxylic acids is 1. The smallest absolute Gasteiger partial charge is 0.408 e. The first-order valence-corrected chi connectivity index (χ1v) is 14.6. The number of ether oxygens (including phenoxy) is 3. The van der Waals surface area contributed by atoms with Crippen molar-refractivity contribution in [2.24, 2.45) is 0 Å². The van der Waals surface area contributed by atoms with Gasteiger partial charge in [-0.1, -0.05) is 48.5 Å². The normalized spacial score (nSPS) is 15.9. The molecule has 1 aliphatic rings. The number of amides is 1. The number of carboxylic acid groups (broad SMARTS) is 1. The minimum absolute atomic E-state index is 0.0971. The molecule has 1 amide bonds. The molecule has 1 fully saturated rings. The number of aryl methyl sites for hydroxylation is 1. The topological polar surface area (TPSA) is 106 Å². The van der Waals surface area contributed by atoms with Gasteiger partial charge in [-0.25, -0.2) is 9.18 Å². The Labute approximate surface area is 252 Å². The first-order chi connectivity index (χ1) is 20.5. The van der Waals surface area contributed by atoms with E-state index < -0.39 is 29.5 Å². The molecule has 2 atom stereocenters. The predicted molar refractivity (Wildman–Crippen MR) is 163 cm³/mol. The third kappa shape index (κ3) is 9.53. The molecule has 3 N–H and O–H groups in total. The molecular formula is C34H41FN2O6. The van der Waals surface area contributed by atoms with Gasteiger partial charge in [0.15, 0.2) is 0 Å². The zero-order valence-corrected chi connectivity index (χ0v) is 25.2. The zero-order chi connectivity index (χ0) is 31.0. The summed E-state index contributed by atoms with van der Waals surface area (Å²) in [5.74, 6) is -0.874. The second-order valence-electron chi connectivity index (χ2n) is 11.8. The lowest BCUT2D eigenvalue weighted by molar-refractivity contribution is -0.136. The van der Waals surface area contributed by atoms with Crippen LogP contribution in [-0.2, 0) is 33.7 Å². The molecular weight excluding hydrogens is 551 g/mol. The van der Waals surface area contributed by atoms with Gasteiger partial charge in [-0.3, -0.25) is 4.79 Å². The van der Waals surface area contributed by atoms with Crippen LogP contribution in [0.4, 0.5) is 9.18 Å². The van der Waals surface area contributed by atoms with Gasteiger partial charge in [-0.05, 0) is 69.4 Å². The molecule has 9 heteroatoms. The molecule has 1 saturated heterocycles. The molecule has 0 bridgehead atoms. The summed E-state index contributed by atoms with van der Waals surface area (Å²) < 4.78 is 33.4. The van der Waals surface area contributed by atoms with Crippen LogP contribution < -0.4 is 15.4 Å². The largest absolute Gasteiger partial charge is 0.489 e. The Morgan fingerprint density at radius 1 is 1.12 bits per heavy atom. The van der Waals surface area contributed by atoms with Gasteiger partial charge in [0, 0.05) is 29.8 Å². The van der Waals surface area contributed by atoms with Crippen molar-refractivity contribution in [2.45, 2.75) is 71.3 Å². The number of carbonyl (C=O) groups is 2. The second-order valence-corrected chi connectivity index (χ2v) is 11.8. The summed E-state index contributed by atoms with van der Waals surface area (Å²) in [5.41, 5.74) is 3.17. The van der Waals surface area contributed by atoms with E-state index >= 15 is 4.39 Å². The fraction of sp³-hybridized carbons (Fsp3) is 0.412. The van der Waals surface area contributed by atoms with Crippen LogP contribution in [0.1, 0.15) is 62.4 Å². The van der Waals surface area contributed by atoms with E-state index in [0.717, 1.165) is 37.1 Å². The third-order valence-corrected chi connectivity index (χ3v) is 7.06. The molecule has 3 aromatic carbocycles. The molecule has 4 rings (SSSR count). The molecule has 0 spiro atoms. The van der Waals surface area contributed by atoms with Crippen LogP contribution in [-0.4, -0.2) is 48.6 Å². The minimum Gasteiger partial charge on any atom is -0.489 e. The molecule has 3 aromatic rings. The van der Waals surface area contributed by atoms with Crippen molar-refractivity contribution in [1.29, 1.82) is 0 Å². The van der Waals surface area contributed by atoms with Gasteiger partial charge in [0.2, 0.25) is 0 Å². The summed E-state index contributed by atoms with van der Waals surface area (Å²) in [4.78, 5) is 23.7. The number of benzene rings is 3. The van der Waals surface area contributed by atoms with Crippen LogP contribution in [0, 0.1) is 5.82 Å². The van der Waals surface area contributed by atoms with E-state index in [0.29, 0.717) is 34.6 Å². The Morgan fingerprint density at radius 2 is 1.88 bits per heavy atom. The summed E-state index contributed by atoms with van der Waals surface area (Å²) in [5, 5.41) is 15.4. The van der Waals surface area contributed by atoms with Crippen molar-refractivity contribution in [3.63, 3.8) is 0 Å². The quantitative estimate of drug-likeness (QED) is 0.243. The monoisotopic (exact) mass is 592 g/mol. The molecule has 1 unspecified atom stereocenters. The molecule has 0 aliphatic carbocycles. The van der Waals surface area contributed by atoms with Gasteiger partial charge < -0.3 is 30.0 Å². The van der Waals surface area contributed by atoms with Gasteiger partial charge in [0.05, 0.1) is 25.2 Å². The maximum absolute atomic E-state index is 16.1. The number of para-hydroxylation sites is 1. The number of halogens is 1. The van der Waals surface area contributed by atoms with E-state index in [2.05, 4.69) is 10.6 Å². The predicted octanol–water partition coefficient (Wildman–Crippen LogP) is 6.21. The number of alkyl carbamates (subject to hydrolysis) is 1. The van der Waals surface area contributed by atoms with E-state index in [4.69, 9.17) is 14.2 Å². The number of morpholine rings is 1. The number of aliphatic carboxylic acids is 1. The summed E-state index contributed by atoms with van der Waals surface area (Å²) in [7, 11) is 0. The number of hydrogen-bond acceptors (Lipinski definition) is 6. The summed E-state index contributed by atoms with van der Waals surface area (Å²) in [6.45, 7) is 9.51. The molecule has 43 heavy (non-hydrogen) atoms. The summed E-state index contributed by atoms with van der Waals surface area (Å²) in [6.07, 6.45) is 0.858. The van der Waals surface area contributed by atoms with Crippen molar-refractivity contribution < 1.29 is 33.3 Å². The fourth-order valence-electron chi connectivity index (χ4n) is 5.06. The van der Waals surface area contributed by atoms with E-state index in [9.17, 15) is 14.7 Å². The Bertz CT molecular complexity index is 1410. The maximum atomic E-state index is 16.1. The third-order valence-electron chi connectivity index (χ3n) is 7.06. The standard InChI is InChI=1S/C34H41FN2O6/c1-22(37-33(40)43-34(2,3)4)28-9-7-10-29(32(28)35)26-17-23(12-13-27-20-36-14-15-41-27)16-24(18-26)21-42-30-11-6-5-8-25(30)19-31(38)39/h5-11,16-18,22,27,36H,12-15,19-21H2,1-4H3,(H,37,40)(H,38,39)/t22-,27?/m1/s1. The first kappa shape index (κ1) is 32.0. The van der Waals surface area contributed by atoms with Gasteiger partial charge in [0.25, 0.3) is 0 Å². The SMILES string of the molecule is C[C@@H](NC(=O)OC(C)(C)C)c1cccc(-c2cc(CCC3CNCCO3)cc(COc3ccccc3CC(=O)O)c2)c1F. The second kappa shape index (κ2) is 14.5.